The third-order valence-electron chi connectivity index (χ3n) is 4.07. The van der Waals surface area contributed by atoms with Crippen molar-refractivity contribution in [2.45, 2.75) is 20.3 Å². The summed E-state index contributed by atoms with van der Waals surface area (Å²) in [6.45, 7) is 4.86. The third kappa shape index (κ3) is 3.02. The molecular weight excluding hydrogens is 326 g/mol. The molecule has 24 heavy (non-hydrogen) atoms. The number of ether oxygens (including phenoxy) is 1. The molecule has 1 aliphatic rings. The molecule has 0 spiro atoms. The molecule has 0 aromatic heterocycles. The van der Waals surface area contributed by atoms with E-state index in [1.165, 1.54) is 4.90 Å². The van der Waals surface area contributed by atoms with Crippen molar-refractivity contribution in [3.8, 4) is 5.75 Å². The monoisotopic (exact) mass is 343 g/mol. The summed E-state index contributed by atoms with van der Waals surface area (Å²) in [5.41, 5.74) is 3.10. The molecule has 1 amide bonds. The minimum Gasteiger partial charge on any atom is -0.493 e. The predicted octanol–water partition coefficient (Wildman–Crippen LogP) is 3.96. The van der Waals surface area contributed by atoms with Crippen LogP contribution in [0, 0.1) is 13.8 Å². The van der Waals surface area contributed by atoms with E-state index >= 15 is 0 Å². The molecule has 2 aromatic carbocycles. The molecule has 0 atom stereocenters. The van der Waals surface area contributed by atoms with Crippen molar-refractivity contribution in [2.24, 2.45) is 0 Å². The summed E-state index contributed by atoms with van der Waals surface area (Å²) < 4.78 is 5.80. The molecule has 3 rings (SSSR count). The second-order valence-electron chi connectivity index (χ2n) is 5.89. The van der Waals surface area contributed by atoms with Gasteiger partial charge in [-0.3, -0.25) is 9.59 Å². The Hall–Kier alpha value is -2.33. The van der Waals surface area contributed by atoms with Gasteiger partial charge in [0.25, 0.3) is 11.7 Å². The number of ketones is 1. The van der Waals surface area contributed by atoms with Gasteiger partial charge in [0, 0.05) is 6.54 Å². The molecule has 124 valence electrons. The normalized spacial score (nSPS) is 13.4. The highest BCUT2D eigenvalue weighted by atomic mass is 35.5. The lowest BCUT2D eigenvalue weighted by molar-refractivity contribution is -0.114. The van der Waals surface area contributed by atoms with E-state index in [9.17, 15) is 9.59 Å². The second-order valence-corrected chi connectivity index (χ2v) is 6.30. The summed E-state index contributed by atoms with van der Waals surface area (Å²) in [5.74, 6) is -0.176. The fraction of sp³-hybridized carbons (Fsp3) is 0.263. The van der Waals surface area contributed by atoms with E-state index in [1.54, 1.807) is 18.2 Å². The van der Waals surface area contributed by atoms with E-state index < -0.39 is 11.7 Å². The number of hydrogen-bond acceptors (Lipinski definition) is 3. The summed E-state index contributed by atoms with van der Waals surface area (Å²) in [7, 11) is 0. The number of nitrogens with zero attached hydrogens (tertiary/aromatic N) is 1. The maximum Gasteiger partial charge on any atom is 0.299 e. The third-order valence-corrected chi connectivity index (χ3v) is 4.37. The van der Waals surface area contributed by atoms with Crippen molar-refractivity contribution >= 4 is 29.0 Å². The molecule has 0 saturated heterocycles. The maximum atomic E-state index is 12.2. The zero-order valence-electron chi connectivity index (χ0n) is 13.6. The number of carbonyl (C=O) groups excluding carboxylic acids is 2. The first-order chi connectivity index (χ1) is 11.5. The van der Waals surface area contributed by atoms with Crippen molar-refractivity contribution < 1.29 is 14.3 Å². The Morgan fingerprint density at radius 3 is 2.71 bits per heavy atom. The van der Waals surface area contributed by atoms with E-state index in [2.05, 4.69) is 0 Å². The van der Waals surface area contributed by atoms with Crippen LogP contribution in [0.4, 0.5) is 5.69 Å². The molecule has 0 unspecified atom stereocenters. The van der Waals surface area contributed by atoms with Gasteiger partial charge < -0.3 is 9.64 Å². The highest BCUT2D eigenvalue weighted by Crippen LogP contribution is 2.35. The number of Topliss-reactive ketones (excluding diaryl/α,β-unsaturated/α-hetero) is 1. The van der Waals surface area contributed by atoms with E-state index in [0.29, 0.717) is 35.8 Å². The number of aryl methyl sites for hydroxylation is 2. The van der Waals surface area contributed by atoms with Crippen LogP contribution in [0.15, 0.2) is 36.4 Å². The maximum absolute atomic E-state index is 12.2. The lowest BCUT2D eigenvalue weighted by Crippen LogP contribution is -2.31. The van der Waals surface area contributed by atoms with Crippen molar-refractivity contribution in [1.29, 1.82) is 0 Å². The van der Waals surface area contributed by atoms with Gasteiger partial charge in [0.1, 0.15) is 5.75 Å². The Kier molecular flexibility index (Phi) is 4.58. The van der Waals surface area contributed by atoms with E-state index in [1.807, 2.05) is 32.0 Å². The lowest BCUT2D eigenvalue weighted by atomic mass is 10.1. The topological polar surface area (TPSA) is 46.6 Å². The lowest BCUT2D eigenvalue weighted by Gasteiger charge is -2.18. The van der Waals surface area contributed by atoms with Gasteiger partial charge in [-0.2, -0.15) is 0 Å². The zero-order valence-corrected chi connectivity index (χ0v) is 14.4. The number of halogens is 1. The summed E-state index contributed by atoms with van der Waals surface area (Å²) in [6, 6.07) is 11.0. The standard InChI is InChI=1S/C19H18ClNO3/c1-12-7-8-13(2)16(11-12)24-10-4-9-21-17-14(18(22)19(21)23)5-3-6-15(17)20/h3,5-8,11H,4,9-10H2,1-2H3. The van der Waals surface area contributed by atoms with Crippen LogP contribution in [-0.2, 0) is 4.79 Å². The SMILES string of the molecule is Cc1ccc(C)c(OCCCN2C(=O)C(=O)c3cccc(Cl)c32)c1. The second kappa shape index (κ2) is 6.65. The molecule has 0 aliphatic carbocycles. The van der Waals surface area contributed by atoms with Crippen molar-refractivity contribution in [3.05, 3.63) is 58.1 Å². The van der Waals surface area contributed by atoms with Crippen LogP contribution < -0.4 is 9.64 Å². The van der Waals surface area contributed by atoms with Crippen LogP contribution in [0.5, 0.6) is 5.75 Å². The van der Waals surface area contributed by atoms with Gasteiger partial charge >= 0.3 is 0 Å². The Labute approximate surface area is 146 Å². The minimum atomic E-state index is -0.523. The average molecular weight is 344 g/mol. The van der Waals surface area contributed by atoms with Gasteiger partial charge in [0.15, 0.2) is 0 Å². The van der Waals surface area contributed by atoms with Crippen LogP contribution in [-0.4, -0.2) is 24.8 Å². The number of fused-ring (bicyclic) bond motifs is 1. The quantitative estimate of drug-likeness (QED) is 0.610. The number of carbonyl (C=O) groups is 2. The molecule has 5 heteroatoms. The number of amides is 1. The van der Waals surface area contributed by atoms with Gasteiger partial charge in [-0.25, -0.2) is 0 Å². The summed E-state index contributed by atoms with van der Waals surface area (Å²) >= 11 is 6.16. The van der Waals surface area contributed by atoms with Crippen LogP contribution in [0.25, 0.3) is 0 Å². The number of anilines is 1. The summed E-state index contributed by atoms with van der Waals surface area (Å²) in [4.78, 5) is 25.6. The molecule has 0 radical (unpaired) electrons. The Balaban J connectivity index is 1.65. The van der Waals surface area contributed by atoms with Crippen molar-refractivity contribution in [3.63, 3.8) is 0 Å². The predicted molar refractivity (Wildman–Crippen MR) is 94.2 cm³/mol. The molecule has 0 bridgehead atoms. The number of benzene rings is 2. The van der Waals surface area contributed by atoms with Gasteiger partial charge in [-0.05, 0) is 49.6 Å². The minimum absolute atomic E-state index is 0.378. The highest BCUT2D eigenvalue weighted by molar-refractivity contribution is 6.54. The summed E-state index contributed by atoms with van der Waals surface area (Å²) in [5, 5.41) is 0.419. The average Bonchev–Trinajstić information content (AvgIpc) is 2.80. The molecule has 2 aromatic rings. The van der Waals surface area contributed by atoms with Crippen LogP contribution >= 0.6 is 11.6 Å². The van der Waals surface area contributed by atoms with Crippen LogP contribution in [0.1, 0.15) is 27.9 Å². The molecule has 1 aliphatic heterocycles. The largest absolute Gasteiger partial charge is 0.493 e. The van der Waals surface area contributed by atoms with E-state index in [0.717, 1.165) is 16.9 Å². The number of para-hydroxylation sites is 1. The fourth-order valence-electron chi connectivity index (χ4n) is 2.79. The fourth-order valence-corrected chi connectivity index (χ4v) is 3.07. The van der Waals surface area contributed by atoms with E-state index in [-0.39, 0.29) is 0 Å². The van der Waals surface area contributed by atoms with Gasteiger partial charge in [0.2, 0.25) is 0 Å². The first-order valence-corrected chi connectivity index (χ1v) is 8.21. The smallest absolute Gasteiger partial charge is 0.299 e. The van der Waals surface area contributed by atoms with Crippen LogP contribution in [0.3, 0.4) is 0 Å². The molecule has 0 fully saturated rings. The molecule has 1 heterocycles. The Morgan fingerprint density at radius 1 is 1.12 bits per heavy atom. The number of hydrogen-bond donors (Lipinski definition) is 0. The number of rotatable bonds is 5. The zero-order chi connectivity index (χ0) is 17.3. The molecule has 0 N–H and O–H groups in total. The first kappa shape index (κ1) is 16.5. The summed E-state index contributed by atoms with van der Waals surface area (Å²) in [6.07, 6.45) is 0.608. The molecular formula is C19H18ClNO3. The van der Waals surface area contributed by atoms with Gasteiger partial charge in [-0.15, -0.1) is 0 Å². The van der Waals surface area contributed by atoms with Gasteiger partial charge in [-0.1, -0.05) is 29.8 Å². The Morgan fingerprint density at radius 2 is 1.92 bits per heavy atom. The van der Waals surface area contributed by atoms with Crippen molar-refractivity contribution in [2.75, 3.05) is 18.1 Å². The Bertz CT molecular complexity index is 816. The van der Waals surface area contributed by atoms with Crippen LogP contribution in [0.2, 0.25) is 5.02 Å². The first-order valence-electron chi connectivity index (χ1n) is 7.84. The van der Waals surface area contributed by atoms with E-state index in [4.69, 9.17) is 16.3 Å². The molecule has 0 saturated carbocycles. The highest BCUT2D eigenvalue weighted by Gasteiger charge is 2.36. The molecule has 4 nitrogen and oxygen atoms in total. The van der Waals surface area contributed by atoms with Gasteiger partial charge in [0.05, 0.1) is 22.9 Å². The van der Waals surface area contributed by atoms with Crippen molar-refractivity contribution in [1.82, 2.24) is 0 Å².